The van der Waals surface area contributed by atoms with Crippen molar-refractivity contribution >= 4 is 183 Å². The molecule has 378 valence electrons. The first-order valence-electron chi connectivity index (χ1n) is 28.1. The van der Waals surface area contributed by atoms with Crippen LogP contribution < -0.4 is 0 Å². The number of pyridine rings is 2. The second-order valence-electron chi connectivity index (χ2n) is 22.4. The minimum absolute atomic E-state index is 1.15. The molecule has 0 unspecified atom stereocenters. The molecule has 0 bridgehead atoms. The molecule has 6 heteroatoms. The molecule has 12 aromatic carbocycles. The number of thiophene rings is 2. The second kappa shape index (κ2) is 15.8. The van der Waals surface area contributed by atoms with Gasteiger partial charge >= 0.3 is 0 Å². The zero-order valence-electron chi connectivity index (χ0n) is 43.9. The molecular weight excluding hydrogens is 1030 g/mol. The Labute approximate surface area is 475 Å². The second-order valence-corrected chi connectivity index (χ2v) is 24.6. The molecule has 0 amide bonds. The molecule has 0 fully saturated rings. The van der Waals surface area contributed by atoms with Gasteiger partial charge in [-0.1, -0.05) is 152 Å². The Morgan fingerprint density at radius 1 is 0.232 bits per heavy atom. The Hall–Kier alpha value is -10.2. The number of nitrogens with zero attached hydrogens (tertiary/aromatic N) is 4. The van der Waals surface area contributed by atoms with Gasteiger partial charge < -0.3 is 17.9 Å². The van der Waals surface area contributed by atoms with Gasteiger partial charge in [-0.3, -0.25) is 0 Å². The SMILES string of the molecule is c1ccc(-n2c3ccccc3c3cc4c(cc32)c2ccc3sc5cc(-c6ccc7c8cc9c%10cc%11sc%12ccccc%12c%11cc%10n%10cc%11ccccc%11c%10c9cc8n(-c8ccccc8)c7c6)ccc5c3c2n2cc3ccccc3c42)cc1. The van der Waals surface area contributed by atoms with Crippen molar-refractivity contribution < 1.29 is 0 Å². The summed E-state index contributed by atoms with van der Waals surface area (Å²) >= 11 is 3.79. The van der Waals surface area contributed by atoms with E-state index < -0.39 is 0 Å². The van der Waals surface area contributed by atoms with Crippen molar-refractivity contribution in [3.63, 3.8) is 0 Å². The molecule has 4 nitrogen and oxygen atoms in total. The van der Waals surface area contributed by atoms with Crippen LogP contribution >= 0.6 is 22.7 Å². The number of hydrogen-bond acceptors (Lipinski definition) is 2. The maximum absolute atomic E-state index is 2.52. The van der Waals surface area contributed by atoms with Crippen LogP contribution in [0.15, 0.2) is 255 Å². The van der Waals surface area contributed by atoms with E-state index in [1.54, 1.807) is 0 Å². The highest BCUT2D eigenvalue weighted by molar-refractivity contribution is 7.26. The van der Waals surface area contributed by atoms with Crippen molar-refractivity contribution in [2.75, 3.05) is 0 Å². The third kappa shape index (κ3) is 5.69. The maximum atomic E-state index is 2.52. The first kappa shape index (κ1) is 43.6. The number of benzene rings is 12. The molecule has 0 saturated heterocycles. The van der Waals surface area contributed by atoms with Crippen LogP contribution in [0.2, 0.25) is 0 Å². The summed E-state index contributed by atoms with van der Waals surface area (Å²) in [6.07, 6.45) is 4.72. The lowest BCUT2D eigenvalue weighted by Crippen LogP contribution is -1.94. The molecule has 0 N–H and O–H groups in total. The smallest absolute Gasteiger partial charge is 0.0628 e. The monoisotopic (exact) mass is 1070 g/mol. The average Bonchev–Trinajstić information content (AvgIpc) is 4.54. The Morgan fingerprint density at radius 3 is 1.50 bits per heavy atom. The lowest BCUT2D eigenvalue weighted by atomic mass is 9.97. The van der Waals surface area contributed by atoms with Crippen molar-refractivity contribution in [3.05, 3.63) is 255 Å². The van der Waals surface area contributed by atoms with Gasteiger partial charge in [0.05, 0.1) is 44.1 Å². The third-order valence-corrected chi connectivity index (χ3v) is 20.5. The maximum Gasteiger partial charge on any atom is 0.0628 e. The highest BCUT2D eigenvalue weighted by atomic mass is 32.1. The van der Waals surface area contributed by atoms with Gasteiger partial charge in [-0.05, 0) is 113 Å². The van der Waals surface area contributed by atoms with Gasteiger partial charge in [-0.2, -0.15) is 0 Å². The van der Waals surface area contributed by atoms with E-state index in [4.69, 9.17) is 0 Å². The summed E-state index contributed by atoms with van der Waals surface area (Å²) in [6, 6.07) is 91.3. The van der Waals surface area contributed by atoms with Gasteiger partial charge in [0.1, 0.15) is 0 Å². The van der Waals surface area contributed by atoms with E-state index in [0.29, 0.717) is 0 Å². The molecule has 0 atom stereocenters. The van der Waals surface area contributed by atoms with Crippen LogP contribution in [-0.2, 0) is 0 Å². The summed E-state index contributed by atoms with van der Waals surface area (Å²) in [6.45, 7) is 0. The molecule has 82 heavy (non-hydrogen) atoms. The van der Waals surface area contributed by atoms with Crippen LogP contribution in [-0.4, -0.2) is 17.9 Å². The summed E-state index contributed by atoms with van der Waals surface area (Å²) in [5.74, 6) is 0. The molecule has 0 radical (unpaired) electrons. The van der Waals surface area contributed by atoms with E-state index in [2.05, 4.69) is 273 Å². The van der Waals surface area contributed by atoms with E-state index in [1.807, 2.05) is 22.7 Å². The molecule has 0 spiro atoms. The van der Waals surface area contributed by atoms with Crippen LogP contribution in [0.4, 0.5) is 0 Å². The highest BCUT2D eigenvalue weighted by Crippen LogP contribution is 2.48. The molecule has 8 heterocycles. The molecule has 20 aromatic rings. The van der Waals surface area contributed by atoms with Gasteiger partial charge in [0, 0.05) is 129 Å². The van der Waals surface area contributed by atoms with E-state index in [9.17, 15) is 0 Å². The molecule has 0 saturated carbocycles. The van der Waals surface area contributed by atoms with Gasteiger partial charge in [0.25, 0.3) is 0 Å². The summed E-state index contributed by atoms with van der Waals surface area (Å²) in [5.41, 5.74) is 14.5. The van der Waals surface area contributed by atoms with Gasteiger partial charge in [-0.15, -0.1) is 22.7 Å². The Bertz CT molecular complexity index is 6240. The number of para-hydroxylation sites is 3. The fourth-order valence-corrected chi connectivity index (χ4v) is 17.0. The first-order valence-corrected chi connectivity index (χ1v) is 29.8. The zero-order valence-corrected chi connectivity index (χ0v) is 45.5. The van der Waals surface area contributed by atoms with Crippen molar-refractivity contribution in [2.24, 2.45) is 0 Å². The summed E-state index contributed by atoms with van der Waals surface area (Å²) in [5, 5.41) is 22.8. The number of fused-ring (bicyclic) bond motifs is 29. The van der Waals surface area contributed by atoms with Crippen LogP contribution in [0.5, 0.6) is 0 Å². The first-order chi connectivity index (χ1) is 40.6. The molecule has 8 aromatic heterocycles. The summed E-state index contributed by atoms with van der Waals surface area (Å²) in [7, 11) is 0. The lowest BCUT2D eigenvalue weighted by molar-refractivity contribution is 1.18. The molecule has 0 aliphatic rings. The molecule has 20 rings (SSSR count). The van der Waals surface area contributed by atoms with Gasteiger partial charge in [-0.25, -0.2) is 0 Å². The Morgan fingerprint density at radius 2 is 0.732 bits per heavy atom. The van der Waals surface area contributed by atoms with E-state index in [-0.39, 0.29) is 0 Å². The van der Waals surface area contributed by atoms with Crippen molar-refractivity contribution in [3.8, 4) is 22.5 Å². The van der Waals surface area contributed by atoms with E-state index in [0.717, 1.165) is 11.4 Å². The van der Waals surface area contributed by atoms with E-state index >= 15 is 0 Å². The minimum Gasteiger partial charge on any atom is -0.315 e. The van der Waals surface area contributed by atoms with Crippen LogP contribution in [0.1, 0.15) is 0 Å². The fraction of sp³-hybridized carbons (Fsp3) is 0. The van der Waals surface area contributed by atoms with E-state index in [1.165, 1.54) is 171 Å². The summed E-state index contributed by atoms with van der Waals surface area (Å²) in [4.78, 5) is 0. The Balaban J connectivity index is 0.826. The van der Waals surface area contributed by atoms with Crippen molar-refractivity contribution in [1.29, 1.82) is 0 Å². The number of hydrogen-bond donors (Lipinski definition) is 0. The lowest BCUT2D eigenvalue weighted by Gasteiger charge is -2.13. The quantitative estimate of drug-likeness (QED) is 0.157. The van der Waals surface area contributed by atoms with Crippen molar-refractivity contribution in [2.45, 2.75) is 0 Å². The highest BCUT2D eigenvalue weighted by Gasteiger charge is 2.24. The zero-order chi connectivity index (χ0) is 53.1. The fourth-order valence-electron chi connectivity index (χ4n) is 14.7. The molecular formula is C76H42N4S2. The van der Waals surface area contributed by atoms with Crippen LogP contribution in [0.3, 0.4) is 0 Å². The topological polar surface area (TPSA) is 18.7 Å². The average molecular weight is 1080 g/mol. The van der Waals surface area contributed by atoms with Crippen LogP contribution in [0.25, 0.3) is 182 Å². The molecule has 0 aliphatic carbocycles. The normalized spacial score (nSPS) is 12.6. The largest absolute Gasteiger partial charge is 0.315 e. The Kier molecular flexibility index (Phi) is 8.39. The van der Waals surface area contributed by atoms with Gasteiger partial charge in [0.2, 0.25) is 0 Å². The standard InChI is InChI=1S/C76H42N4S2/c1-3-17-47(18-4-1)79-64-25-13-11-23-51(64)59-36-62-57(37-67(59)79)54-31-32-70-73(76(54)78-42-46-16-8-10-22-50(46)75(62)78)55-30-28-44(34-71(55)82-70)43-27-29-52-58-35-56-60-40-72-61(53-24-12-14-26-69(53)81-72)38-65(60)77-41-45-15-7-9-21-49(45)74(77)63(56)39-68(58)80(66(52)33-43)48-19-5-2-6-20-48/h1-42H. The molecule has 0 aliphatic heterocycles. The van der Waals surface area contributed by atoms with Crippen molar-refractivity contribution in [1.82, 2.24) is 17.9 Å². The third-order valence-electron chi connectivity index (χ3n) is 18.2. The number of aromatic nitrogens is 4. The predicted molar refractivity (Wildman–Crippen MR) is 353 cm³/mol. The number of rotatable bonds is 3. The van der Waals surface area contributed by atoms with Gasteiger partial charge in [0.15, 0.2) is 0 Å². The predicted octanol–water partition coefficient (Wildman–Crippen LogP) is 21.7. The van der Waals surface area contributed by atoms with Crippen LogP contribution in [0, 0.1) is 0 Å². The summed E-state index contributed by atoms with van der Waals surface area (Å²) < 4.78 is 15.1. The minimum atomic E-state index is 1.15.